The number of hydrogen-bond acceptors (Lipinski definition) is 4. The van der Waals surface area contributed by atoms with Gasteiger partial charge < -0.3 is 5.32 Å². The summed E-state index contributed by atoms with van der Waals surface area (Å²) < 4.78 is 62.2. The maximum atomic E-state index is 13.0. The first kappa shape index (κ1) is 21.5. The lowest BCUT2D eigenvalue weighted by Gasteiger charge is -2.20. The summed E-state index contributed by atoms with van der Waals surface area (Å²) in [5.74, 6) is 0. The largest absolute Gasteiger partial charge is 0.433 e. The van der Waals surface area contributed by atoms with Crippen LogP contribution in [-0.4, -0.2) is 26.9 Å². The normalized spacial score (nSPS) is 15.9. The van der Waals surface area contributed by atoms with Crippen molar-refractivity contribution >= 4 is 21.4 Å². The van der Waals surface area contributed by atoms with Gasteiger partial charge in [-0.1, -0.05) is 6.92 Å². The molecule has 2 rings (SSSR count). The molecule has 1 aromatic carbocycles. The van der Waals surface area contributed by atoms with Crippen molar-refractivity contribution in [1.82, 2.24) is 5.32 Å². The van der Waals surface area contributed by atoms with Crippen molar-refractivity contribution in [2.24, 2.45) is 5.14 Å². The predicted molar refractivity (Wildman–Crippen MR) is 96.1 cm³/mol. The van der Waals surface area contributed by atoms with Crippen LogP contribution in [0.4, 0.5) is 18.9 Å². The monoisotopic (exact) mass is 405 g/mol. The van der Waals surface area contributed by atoms with Gasteiger partial charge in [0, 0.05) is 30.2 Å². The van der Waals surface area contributed by atoms with Crippen molar-refractivity contribution < 1.29 is 26.9 Å². The summed E-state index contributed by atoms with van der Waals surface area (Å²) >= 11 is 0. The van der Waals surface area contributed by atoms with Crippen molar-refractivity contribution in [3.63, 3.8) is 0 Å². The molecule has 0 bridgehead atoms. The van der Waals surface area contributed by atoms with Gasteiger partial charge in [0.2, 0.25) is 10.0 Å². The Kier molecular flexibility index (Phi) is 6.79. The standard InChI is InChI=1S/C17H23F3N4O2S/c1-2-23-10-11-9-12(27(22,25)26)7-8-14(11)24-15-6-4-3-5-13(15)16(21)17(18,19)20/h7-9,21,23-24H,2-6,10H2,1H3,(H2,22,25,26)/p+1. The van der Waals surface area contributed by atoms with Crippen molar-refractivity contribution in [2.45, 2.75) is 50.2 Å². The first-order valence-electron chi connectivity index (χ1n) is 8.63. The van der Waals surface area contributed by atoms with Gasteiger partial charge in [0.25, 0.3) is 0 Å². The molecule has 0 aromatic heterocycles. The molecule has 27 heavy (non-hydrogen) atoms. The van der Waals surface area contributed by atoms with Gasteiger partial charge in [-0.15, -0.1) is 0 Å². The van der Waals surface area contributed by atoms with Crippen LogP contribution in [-0.2, 0) is 16.6 Å². The van der Waals surface area contributed by atoms with Crippen molar-refractivity contribution in [3.8, 4) is 0 Å². The molecule has 1 aliphatic carbocycles. The second kappa shape index (κ2) is 8.51. The lowest BCUT2D eigenvalue weighted by molar-refractivity contribution is -0.522. The Morgan fingerprint density at radius 2 is 1.96 bits per heavy atom. The van der Waals surface area contributed by atoms with Crippen LogP contribution in [0.1, 0.15) is 38.2 Å². The number of quaternary nitrogens is 1. The van der Waals surface area contributed by atoms with Crippen LogP contribution in [0.2, 0.25) is 0 Å². The van der Waals surface area contributed by atoms with Crippen LogP contribution in [0.15, 0.2) is 34.4 Å². The zero-order valence-corrected chi connectivity index (χ0v) is 15.8. The van der Waals surface area contributed by atoms with Crippen LogP contribution in [0.5, 0.6) is 0 Å². The molecule has 0 radical (unpaired) electrons. The molecule has 0 aliphatic heterocycles. The summed E-state index contributed by atoms with van der Waals surface area (Å²) in [6.45, 7) is 2.88. The molecule has 6 nitrogen and oxygen atoms in total. The molecule has 0 saturated carbocycles. The van der Waals surface area contributed by atoms with Crippen LogP contribution in [0.3, 0.4) is 0 Å². The minimum Gasteiger partial charge on any atom is -0.313 e. The molecule has 0 amide bonds. The summed E-state index contributed by atoms with van der Waals surface area (Å²) in [6.07, 6.45) is -2.67. The third-order valence-corrected chi connectivity index (χ3v) is 5.34. The van der Waals surface area contributed by atoms with E-state index in [1.807, 2.05) is 6.92 Å². The fraction of sp³-hybridized carbons (Fsp3) is 0.471. The minimum atomic E-state index is -4.68. The molecular formula is C17H24F3N4O2S+. The Labute approximate surface area is 156 Å². The van der Waals surface area contributed by atoms with E-state index in [4.69, 9.17) is 10.5 Å². The second-order valence-electron chi connectivity index (χ2n) is 6.41. The van der Waals surface area contributed by atoms with Crippen molar-refractivity contribution in [2.75, 3.05) is 6.54 Å². The molecule has 1 aromatic rings. The fourth-order valence-corrected chi connectivity index (χ4v) is 3.61. The Hall–Kier alpha value is -1.75. The first-order chi connectivity index (χ1) is 12.5. The van der Waals surface area contributed by atoms with Gasteiger partial charge in [-0.05, 0) is 37.9 Å². The third kappa shape index (κ3) is 5.61. The van der Waals surface area contributed by atoms with E-state index in [1.54, 1.807) is 11.4 Å². The first-order valence-corrected chi connectivity index (χ1v) is 10.2. The maximum absolute atomic E-state index is 13.0. The van der Waals surface area contributed by atoms with E-state index in [-0.39, 0.29) is 16.9 Å². The van der Waals surface area contributed by atoms with E-state index in [0.29, 0.717) is 42.9 Å². The Balaban J connectivity index is 2.44. The van der Waals surface area contributed by atoms with Crippen molar-refractivity contribution in [1.29, 1.82) is 5.41 Å². The average Bonchev–Trinajstić information content (AvgIpc) is 2.59. The Morgan fingerprint density at radius 1 is 1.30 bits per heavy atom. The zero-order valence-electron chi connectivity index (χ0n) is 15.0. The Bertz CT molecular complexity index is 848. The number of hydrogen-bond donors (Lipinski definition) is 4. The second-order valence-corrected chi connectivity index (χ2v) is 7.98. The van der Waals surface area contributed by atoms with Crippen LogP contribution in [0.25, 0.3) is 0 Å². The maximum Gasteiger partial charge on any atom is 0.433 e. The highest BCUT2D eigenvalue weighted by Crippen LogP contribution is 2.30. The van der Waals surface area contributed by atoms with Gasteiger partial charge in [-0.2, -0.15) is 13.2 Å². The molecule has 6 N–H and O–H groups in total. The van der Waals surface area contributed by atoms with E-state index in [2.05, 4.69) is 5.32 Å². The highest BCUT2D eigenvalue weighted by atomic mass is 32.2. The molecule has 0 atom stereocenters. The van der Waals surface area contributed by atoms with Crippen LogP contribution >= 0.6 is 0 Å². The van der Waals surface area contributed by atoms with Gasteiger partial charge in [0.05, 0.1) is 4.90 Å². The Morgan fingerprint density at radius 3 is 2.56 bits per heavy atom. The number of nitrogens with two attached hydrogens (primary N) is 2. The third-order valence-electron chi connectivity index (χ3n) is 4.43. The lowest BCUT2D eigenvalue weighted by Crippen LogP contribution is -2.77. The summed E-state index contributed by atoms with van der Waals surface area (Å²) in [4.78, 5) is -0.0477. The topological polar surface area (TPSA) is 113 Å². The molecule has 0 fully saturated rings. The quantitative estimate of drug-likeness (QED) is 0.411. The van der Waals surface area contributed by atoms with Gasteiger partial charge in [0.1, 0.15) is 17.1 Å². The lowest BCUT2D eigenvalue weighted by atomic mass is 9.92. The molecule has 0 spiro atoms. The SMILES string of the molecule is CCNCc1cc(S(N)(=O)=O)ccc1[NH2+]C1=C(C(=N)C(F)(F)F)CCCC1. The molecule has 1 aliphatic rings. The summed E-state index contributed by atoms with van der Waals surface area (Å²) in [6, 6.07) is 4.32. The summed E-state index contributed by atoms with van der Waals surface area (Å²) in [7, 11) is -3.88. The number of benzene rings is 1. The predicted octanol–water partition coefficient (Wildman–Crippen LogP) is 2.05. The van der Waals surface area contributed by atoms with E-state index in [9.17, 15) is 21.6 Å². The molecule has 0 saturated heterocycles. The zero-order chi connectivity index (χ0) is 20.2. The molecule has 150 valence electrons. The van der Waals surface area contributed by atoms with E-state index in [1.165, 1.54) is 12.1 Å². The smallest absolute Gasteiger partial charge is 0.313 e. The minimum absolute atomic E-state index is 0.0127. The van der Waals surface area contributed by atoms with E-state index >= 15 is 0 Å². The molecule has 0 heterocycles. The summed E-state index contributed by atoms with van der Waals surface area (Å²) in [5.41, 5.74) is 0.429. The summed E-state index contributed by atoms with van der Waals surface area (Å²) in [5, 5.41) is 17.4. The number of halogens is 3. The number of alkyl halides is 3. The molecular weight excluding hydrogens is 381 g/mol. The van der Waals surface area contributed by atoms with Crippen molar-refractivity contribution in [3.05, 3.63) is 35.0 Å². The van der Waals surface area contributed by atoms with Gasteiger partial charge in [0.15, 0.2) is 0 Å². The van der Waals surface area contributed by atoms with Crippen LogP contribution in [0, 0.1) is 5.41 Å². The highest BCUT2D eigenvalue weighted by Gasteiger charge is 2.39. The van der Waals surface area contributed by atoms with Gasteiger partial charge in [-0.3, -0.25) is 10.7 Å². The van der Waals surface area contributed by atoms with Gasteiger partial charge >= 0.3 is 6.18 Å². The number of nitrogens with one attached hydrogen (secondary N) is 2. The average molecular weight is 405 g/mol. The number of allylic oxidation sites excluding steroid dienone is 2. The van der Waals surface area contributed by atoms with E-state index in [0.717, 1.165) is 6.42 Å². The van der Waals surface area contributed by atoms with Gasteiger partial charge in [-0.25, -0.2) is 13.6 Å². The fourth-order valence-electron chi connectivity index (χ4n) is 3.04. The number of rotatable bonds is 7. The number of primary sulfonamides is 1. The van der Waals surface area contributed by atoms with Crippen LogP contribution < -0.4 is 15.8 Å². The molecule has 0 unspecified atom stereocenters. The molecule has 10 heteroatoms. The van der Waals surface area contributed by atoms with E-state index < -0.39 is 21.9 Å². The highest BCUT2D eigenvalue weighted by molar-refractivity contribution is 7.89. The number of sulfonamides is 1.